The Kier molecular flexibility index (Phi) is 2.97. The molecule has 0 spiro atoms. The van der Waals surface area contributed by atoms with Crippen LogP contribution in [0.2, 0.25) is 0 Å². The molecule has 1 aliphatic heterocycles. The third-order valence-electron chi connectivity index (χ3n) is 2.13. The molecule has 2 N–H and O–H groups in total. The molecule has 6 nitrogen and oxygen atoms in total. The molecule has 6 heteroatoms. The van der Waals surface area contributed by atoms with Crippen LogP contribution >= 0.6 is 0 Å². The number of hydrogen-bond acceptors (Lipinski definition) is 4. The van der Waals surface area contributed by atoms with Gasteiger partial charge in [0.15, 0.2) is 5.71 Å². The molecule has 1 aliphatic rings. The number of urea groups is 1. The number of carbonyl (C=O) groups is 2. The fraction of sp³-hybridized carbons (Fsp3) is 0.667. The molecule has 0 aromatic carbocycles. The molecule has 1 rings (SSSR count). The molecule has 0 bridgehead atoms. The lowest BCUT2D eigenvalue weighted by atomic mass is 9.88. The van der Waals surface area contributed by atoms with Gasteiger partial charge in [0.2, 0.25) is 0 Å². The van der Waals surface area contributed by atoms with Crippen LogP contribution in [0.15, 0.2) is 5.10 Å². The maximum atomic E-state index is 11.5. The molecule has 0 saturated carbocycles. The molecule has 84 valence electrons. The SMILES string of the molecule is CCOC(=O)C1=NN(C(N)=O)CC1(C)C. The number of hydrazone groups is 1. The molecule has 0 aromatic rings. The molecule has 0 atom stereocenters. The molecule has 0 aromatic heterocycles. The summed E-state index contributed by atoms with van der Waals surface area (Å²) in [6.07, 6.45) is 0. The number of rotatable bonds is 2. The first-order valence-corrected chi connectivity index (χ1v) is 4.71. The molecule has 0 aliphatic carbocycles. The lowest BCUT2D eigenvalue weighted by Crippen LogP contribution is -2.36. The van der Waals surface area contributed by atoms with Crippen molar-refractivity contribution in [2.24, 2.45) is 16.3 Å². The van der Waals surface area contributed by atoms with Gasteiger partial charge in [-0.3, -0.25) is 0 Å². The number of nitrogens with zero attached hydrogens (tertiary/aromatic N) is 2. The van der Waals surface area contributed by atoms with Gasteiger partial charge in [-0.2, -0.15) is 5.10 Å². The Morgan fingerprint density at radius 3 is 2.60 bits per heavy atom. The topological polar surface area (TPSA) is 85.0 Å². The summed E-state index contributed by atoms with van der Waals surface area (Å²) in [7, 11) is 0. The zero-order valence-corrected chi connectivity index (χ0v) is 9.11. The first-order valence-electron chi connectivity index (χ1n) is 4.71. The minimum absolute atomic E-state index is 0.239. The average molecular weight is 213 g/mol. The number of hydrogen-bond donors (Lipinski definition) is 1. The molecule has 15 heavy (non-hydrogen) atoms. The van der Waals surface area contributed by atoms with Crippen molar-refractivity contribution in [1.29, 1.82) is 0 Å². The molecular formula is C9H15N3O3. The fourth-order valence-corrected chi connectivity index (χ4v) is 1.38. The predicted octanol–water partition coefficient (Wildman–Crippen LogP) is 0.326. The van der Waals surface area contributed by atoms with Crippen molar-refractivity contribution in [1.82, 2.24) is 5.01 Å². The number of ether oxygens (including phenoxy) is 1. The van der Waals surface area contributed by atoms with E-state index >= 15 is 0 Å². The van der Waals surface area contributed by atoms with E-state index in [2.05, 4.69) is 5.10 Å². The van der Waals surface area contributed by atoms with Crippen LogP contribution in [0.3, 0.4) is 0 Å². The van der Waals surface area contributed by atoms with Crippen molar-refractivity contribution in [3.63, 3.8) is 0 Å². The van der Waals surface area contributed by atoms with Gasteiger partial charge in [0.25, 0.3) is 0 Å². The van der Waals surface area contributed by atoms with Crippen molar-refractivity contribution in [3.05, 3.63) is 0 Å². The third-order valence-corrected chi connectivity index (χ3v) is 2.13. The third kappa shape index (κ3) is 2.26. The molecule has 0 saturated heterocycles. The van der Waals surface area contributed by atoms with Gasteiger partial charge in [-0.25, -0.2) is 14.6 Å². The van der Waals surface area contributed by atoms with Gasteiger partial charge in [-0.15, -0.1) is 0 Å². The van der Waals surface area contributed by atoms with Gasteiger partial charge in [-0.05, 0) is 6.92 Å². The lowest BCUT2D eigenvalue weighted by Gasteiger charge is -2.18. The quantitative estimate of drug-likeness (QED) is 0.670. The zero-order chi connectivity index (χ0) is 11.6. The van der Waals surface area contributed by atoms with E-state index in [0.29, 0.717) is 6.54 Å². The van der Waals surface area contributed by atoms with E-state index < -0.39 is 17.4 Å². The van der Waals surface area contributed by atoms with Crippen molar-refractivity contribution < 1.29 is 14.3 Å². The van der Waals surface area contributed by atoms with Crippen LogP contribution in [-0.4, -0.2) is 35.9 Å². The highest BCUT2D eigenvalue weighted by Crippen LogP contribution is 2.26. The highest BCUT2D eigenvalue weighted by molar-refractivity contribution is 6.39. The smallest absolute Gasteiger partial charge is 0.355 e. The molecule has 1 heterocycles. The second kappa shape index (κ2) is 3.88. The van der Waals surface area contributed by atoms with E-state index in [0.717, 1.165) is 5.01 Å². The molecular weight excluding hydrogens is 198 g/mol. The second-order valence-electron chi connectivity index (χ2n) is 3.95. The lowest BCUT2D eigenvalue weighted by molar-refractivity contribution is -0.135. The van der Waals surface area contributed by atoms with Crippen molar-refractivity contribution >= 4 is 17.7 Å². The summed E-state index contributed by atoms with van der Waals surface area (Å²) < 4.78 is 4.84. The van der Waals surface area contributed by atoms with E-state index in [4.69, 9.17) is 10.5 Å². The number of carbonyl (C=O) groups excluding carboxylic acids is 2. The van der Waals surface area contributed by atoms with Crippen LogP contribution in [0.1, 0.15) is 20.8 Å². The number of esters is 1. The zero-order valence-electron chi connectivity index (χ0n) is 9.11. The van der Waals surface area contributed by atoms with Gasteiger partial charge in [0.1, 0.15) is 0 Å². The summed E-state index contributed by atoms with van der Waals surface area (Å²) >= 11 is 0. The van der Waals surface area contributed by atoms with E-state index in [9.17, 15) is 9.59 Å². The van der Waals surface area contributed by atoms with Gasteiger partial charge in [-0.1, -0.05) is 13.8 Å². The summed E-state index contributed by atoms with van der Waals surface area (Å²) in [6.45, 7) is 5.92. The summed E-state index contributed by atoms with van der Waals surface area (Å²) in [5.41, 5.74) is 4.81. The van der Waals surface area contributed by atoms with Crippen LogP contribution in [-0.2, 0) is 9.53 Å². The molecule has 0 fully saturated rings. The van der Waals surface area contributed by atoms with Gasteiger partial charge in [0, 0.05) is 5.41 Å². The monoisotopic (exact) mass is 213 g/mol. The van der Waals surface area contributed by atoms with Crippen molar-refractivity contribution in [2.75, 3.05) is 13.2 Å². The van der Waals surface area contributed by atoms with E-state index in [1.807, 2.05) is 13.8 Å². The number of nitrogens with two attached hydrogens (primary N) is 1. The average Bonchev–Trinajstić information content (AvgIpc) is 2.42. The van der Waals surface area contributed by atoms with Crippen LogP contribution in [0.25, 0.3) is 0 Å². The van der Waals surface area contributed by atoms with Crippen LogP contribution in [0.5, 0.6) is 0 Å². The summed E-state index contributed by atoms with van der Waals surface area (Å²) in [6, 6.07) is -0.664. The molecule has 0 unspecified atom stereocenters. The normalized spacial score (nSPS) is 18.6. The first-order chi connectivity index (χ1) is 6.88. The fourth-order valence-electron chi connectivity index (χ4n) is 1.38. The first kappa shape index (κ1) is 11.5. The Hall–Kier alpha value is -1.59. The molecule has 2 amide bonds. The minimum atomic E-state index is -0.664. The van der Waals surface area contributed by atoms with Gasteiger partial charge < -0.3 is 10.5 Å². The Morgan fingerprint density at radius 1 is 1.60 bits per heavy atom. The number of primary amides is 1. The maximum absolute atomic E-state index is 11.5. The molecule has 0 radical (unpaired) electrons. The van der Waals surface area contributed by atoms with E-state index in [1.54, 1.807) is 6.92 Å². The summed E-state index contributed by atoms with van der Waals surface area (Å²) in [5, 5.41) is 4.94. The number of amides is 2. The van der Waals surface area contributed by atoms with E-state index in [-0.39, 0.29) is 12.3 Å². The standard InChI is InChI=1S/C9H15N3O3/c1-4-15-7(13)6-9(2,3)5-12(11-6)8(10)14/h4-5H2,1-3H3,(H2,10,14). The van der Waals surface area contributed by atoms with Gasteiger partial charge >= 0.3 is 12.0 Å². The van der Waals surface area contributed by atoms with Crippen molar-refractivity contribution in [3.8, 4) is 0 Å². The van der Waals surface area contributed by atoms with Crippen LogP contribution < -0.4 is 5.73 Å². The summed E-state index contributed by atoms with van der Waals surface area (Å²) in [4.78, 5) is 22.4. The Morgan fingerprint density at radius 2 is 2.20 bits per heavy atom. The maximum Gasteiger partial charge on any atom is 0.355 e. The van der Waals surface area contributed by atoms with Crippen molar-refractivity contribution in [2.45, 2.75) is 20.8 Å². The largest absolute Gasteiger partial charge is 0.461 e. The summed E-state index contributed by atoms with van der Waals surface area (Å²) in [5.74, 6) is -0.494. The minimum Gasteiger partial charge on any atom is -0.461 e. The Labute approximate surface area is 88.1 Å². The van der Waals surface area contributed by atoms with Gasteiger partial charge in [0.05, 0.1) is 13.2 Å². The Balaban J connectivity index is 2.89. The second-order valence-corrected chi connectivity index (χ2v) is 3.95. The highest BCUT2D eigenvalue weighted by Gasteiger charge is 2.40. The highest BCUT2D eigenvalue weighted by atomic mass is 16.5. The van der Waals surface area contributed by atoms with Crippen LogP contribution in [0, 0.1) is 5.41 Å². The predicted molar refractivity (Wildman–Crippen MR) is 54.1 cm³/mol. The van der Waals surface area contributed by atoms with Crippen LogP contribution in [0.4, 0.5) is 4.79 Å². The van der Waals surface area contributed by atoms with E-state index in [1.165, 1.54) is 0 Å². The Bertz CT molecular complexity index is 323.